The Hall–Kier alpha value is -1.23. The van der Waals surface area contributed by atoms with Gasteiger partial charge in [-0.3, -0.25) is 0 Å². The van der Waals surface area contributed by atoms with Crippen LogP contribution in [0.1, 0.15) is 24.4 Å². The first kappa shape index (κ1) is 13.2. The van der Waals surface area contributed by atoms with Gasteiger partial charge in [0, 0.05) is 24.8 Å². The van der Waals surface area contributed by atoms with Crippen LogP contribution in [0.15, 0.2) is 24.3 Å². The summed E-state index contributed by atoms with van der Waals surface area (Å²) in [4.78, 5) is 1.83. The number of benzene rings is 1. The SMILES string of the molecule is CNC1CCN(CCC(F)(F)F)c2ccccc21. The molecule has 18 heavy (non-hydrogen) atoms. The Morgan fingerprint density at radius 1 is 1.33 bits per heavy atom. The molecule has 0 fully saturated rings. The number of hydrogen-bond acceptors (Lipinski definition) is 2. The van der Waals surface area contributed by atoms with E-state index in [-0.39, 0.29) is 12.6 Å². The second-order valence-corrected chi connectivity index (χ2v) is 4.54. The molecule has 0 aliphatic carbocycles. The third-order valence-electron chi connectivity index (χ3n) is 3.35. The molecule has 1 aromatic carbocycles. The lowest BCUT2D eigenvalue weighted by Crippen LogP contribution is -2.36. The fourth-order valence-electron chi connectivity index (χ4n) is 2.42. The molecule has 1 atom stereocenters. The molecule has 2 rings (SSSR count). The molecule has 2 nitrogen and oxygen atoms in total. The van der Waals surface area contributed by atoms with Crippen molar-refractivity contribution in [3.8, 4) is 0 Å². The fraction of sp³-hybridized carbons (Fsp3) is 0.538. The van der Waals surface area contributed by atoms with E-state index in [4.69, 9.17) is 0 Å². The zero-order valence-corrected chi connectivity index (χ0v) is 10.3. The van der Waals surface area contributed by atoms with Crippen LogP contribution in [0.5, 0.6) is 0 Å². The van der Waals surface area contributed by atoms with E-state index in [1.165, 1.54) is 0 Å². The highest BCUT2D eigenvalue weighted by atomic mass is 19.4. The van der Waals surface area contributed by atoms with E-state index in [2.05, 4.69) is 5.32 Å². The summed E-state index contributed by atoms with van der Waals surface area (Å²) in [7, 11) is 1.88. The van der Waals surface area contributed by atoms with E-state index >= 15 is 0 Å². The lowest BCUT2D eigenvalue weighted by molar-refractivity contribution is -0.132. The Balaban J connectivity index is 2.15. The summed E-state index contributed by atoms with van der Waals surface area (Å²) in [5, 5.41) is 3.20. The maximum Gasteiger partial charge on any atom is 0.390 e. The summed E-state index contributed by atoms with van der Waals surface area (Å²) in [5.74, 6) is 0. The summed E-state index contributed by atoms with van der Waals surface area (Å²) in [6.07, 6.45) is -4.01. The van der Waals surface area contributed by atoms with Crippen LogP contribution in [-0.2, 0) is 0 Å². The average molecular weight is 258 g/mol. The maximum absolute atomic E-state index is 12.3. The molecule has 0 aromatic heterocycles. The van der Waals surface area contributed by atoms with E-state index in [9.17, 15) is 13.2 Å². The molecule has 1 heterocycles. The van der Waals surface area contributed by atoms with Crippen molar-refractivity contribution in [3.63, 3.8) is 0 Å². The molecule has 1 aliphatic rings. The van der Waals surface area contributed by atoms with Crippen LogP contribution in [0.3, 0.4) is 0 Å². The van der Waals surface area contributed by atoms with Crippen LogP contribution in [0.2, 0.25) is 0 Å². The molecule has 0 amide bonds. The number of anilines is 1. The van der Waals surface area contributed by atoms with Gasteiger partial charge in [0.2, 0.25) is 0 Å². The van der Waals surface area contributed by atoms with Gasteiger partial charge in [0.25, 0.3) is 0 Å². The molecule has 0 spiro atoms. The molecule has 0 saturated carbocycles. The predicted molar refractivity (Wildman–Crippen MR) is 65.7 cm³/mol. The van der Waals surface area contributed by atoms with Gasteiger partial charge in [-0.1, -0.05) is 18.2 Å². The standard InChI is InChI=1S/C13H17F3N2/c1-17-11-6-8-18(9-7-13(14,15)16)12-5-3-2-4-10(11)12/h2-5,11,17H,6-9H2,1H3. The van der Waals surface area contributed by atoms with E-state index in [1.54, 1.807) is 0 Å². The molecule has 100 valence electrons. The summed E-state index contributed by atoms with van der Waals surface area (Å²) in [6, 6.07) is 7.92. The number of hydrogen-bond donors (Lipinski definition) is 1. The maximum atomic E-state index is 12.3. The first-order chi connectivity index (χ1) is 8.51. The van der Waals surface area contributed by atoms with Gasteiger partial charge in [-0.25, -0.2) is 0 Å². The van der Waals surface area contributed by atoms with Crippen LogP contribution in [0.4, 0.5) is 18.9 Å². The van der Waals surface area contributed by atoms with Gasteiger partial charge in [0.15, 0.2) is 0 Å². The van der Waals surface area contributed by atoms with Crippen molar-refractivity contribution >= 4 is 5.69 Å². The van der Waals surface area contributed by atoms with Crippen molar-refractivity contribution in [2.75, 3.05) is 25.0 Å². The van der Waals surface area contributed by atoms with E-state index in [0.717, 1.165) is 17.7 Å². The second kappa shape index (κ2) is 5.18. The van der Waals surface area contributed by atoms with E-state index in [0.29, 0.717) is 6.54 Å². The zero-order valence-electron chi connectivity index (χ0n) is 10.3. The van der Waals surface area contributed by atoms with E-state index in [1.807, 2.05) is 36.2 Å². The van der Waals surface area contributed by atoms with Gasteiger partial charge in [-0.05, 0) is 25.1 Å². The topological polar surface area (TPSA) is 15.3 Å². The fourth-order valence-corrected chi connectivity index (χ4v) is 2.42. The number of rotatable bonds is 3. The number of para-hydroxylation sites is 1. The van der Waals surface area contributed by atoms with Gasteiger partial charge in [0.1, 0.15) is 0 Å². The Morgan fingerprint density at radius 2 is 2.06 bits per heavy atom. The third kappa shape index (κ3) is 2.96. The lowest BCUT2D eigenvalue weighted by Gasteiger charge is -2.35. The van der Waals surface area contributed by atoms with Crippen molar-refractivity contribution in [1.29, 1.82) is 0 Å². The van der Waals surface area contributed by atoms with Gasteiger partial charge < -0.3 is 10.2 Å². The number of nitrogens with one attached hydrogen (secondary N) is 1. The molecular formula is C13H17F3N2. The van der Waals surface area contributed by atoms with Crippen molar-refractivity contribution < 1.29 is 13.2 Å². The average Bonchev–Trinajstić information content (AvgIpc) is 2.35. The molecule has 1 aliphatic heterocycles. The van der Waals surface area contributed by atoms with Crippen LogP contribution >= 0.6 is 0 Å². The van der Waals surface area contributed by atoms with Crippen LogP contribution < -0.4 is 10.2 Å². The number of nitrogens with zero attached hydrogens (tertiary/aromatic N) is 1. The molecule has 1 unspecified atom stereocenters. The minimum absolute atomic E-state index is 0.0386. The van der Waals surface area contributed by atoms with Crippen molar-refractivity contribution in [2.45, 2.75) is 25.1 Å². The number of halogens is 3. The normalized spacial score (nSPS) is 19.8. The smallest absolute Gasteiger partial charge is 0.371 e. The molecule has 0 radical (unpaired) electrons. The summed E-state index contributed by atoms with van der Waals surface area (Å²) in [5.41, 5.74) is 2.01. The Labute approximate surface area is 105 Å². The summed E-state index contributed by atoms with van der Waals surface area (Å²) >= 11 is 0. The van der Waals surface area contributed by atoms with Gasteiger partial charge in [-0.15, -0.1) is 0 Å². The van der Waals surface area contributed by atoms with Crippen molar-refractivity contribution in [1.82, 2.24) is 5.32 Å². The Bertz CT molecular complexity index is 403. The molecule has 5 heteroatoms. The van der Waals surface area contributed by atoms with E-state index < -0.39 is 12.6 Å². The Morgan fingerprint density at radius 3 is 2.72 bits per heavy atom. The molecule has 1 N–H and O–H groups in total. The molecular weight excluding hydrogens is 241 g/mol. The van der Waals surface area contributed by atoms with Gasteiger partial charge >= 0.3 is 6.18 Å². The van der Waals surface area contributed by atoms with Crippen molar-refractivity contribution in [2.24, 2.45) is 0 Å². The monoisotopic (exact) mass is 258 g/mol. The molecule has 0 saturated heterocycles. The highest BCUT2D eigenvalue weighted by Gasteiger charge is 2.30. The second-order valence-electron chi connectivity index (χ2n) is 4.54. The van der Waals surface area contributed by atoms with Gasteiger partial charge in [-0.2, -0.15) is 13.2 Å². The Kier molecular flexibility index (Phi) is 3.80. The van der Waals surface area contributed by atoms with Gasteiger partial charge in [0.05, 0.1) is 6.42 Å². The molecule has 1 aromatic rings. The predicted octanol–water partition coefficient (Wildman–Crippen LogP) is 3.11. The first-order valence-corrected chi connectivity index (χ1v) is 6.09. The minimum Gasteiger partial charge on any atom is -0.371 e. The van der Waals surface area contributed by atoms with Crippen LogP contribution in [0.25, 0.3) is 0 Å². The number of alkyl halides is 3. The highest BCUT2D eigenvalue weighted by Crippen LogP contribution is 2.34. The lowest BCUT2D eigenvalue weighted by atomic mass is 9.96. The number of fused-ring (bicyclic) bond motifs is 1. The summed E-state index contributed by atoms with van der Waals surface area (Å²) in [6.45, 7) is 0.704. The van der Waals surface area contributed by atoms with Crippen LogP contribution in [-0.4, -0.2) is 26.3 Å². The largest absolute Gasteiger partial charge is 0.390 e. The zero-order chi connectivity index (χ0) is 13.2. The quantitative estimate of drug-likeness (QED) is 0.896. The van der Waals surface area contributed by atoms with Crippen molar-refractivity contribution in [3.05, 3.63) is 29.8 Å². The highest BCUT2D eigenvalue weighted by molar-refractivity contribution is 5.56. The third-order valence-corrected chi connectivity index (χ3v) is 3.35. The minimum atomic E-state index is -4.09. The first-order valence-electron chi connectivity index (χ1n) is 6.09. The summed E-state index contributed by atoms with van der Waals surface area (Å²) < 4.78 is 36.9. The molecule has 0 bridgehead atoms. The van der Waals surface area contributed by atoms with Crippen LogP contribution in [0, 0.1) is 0 Å².